The predicted octanol–water partition coefficient (Wildman–Crippen LogP) is 4.75. The minimum Gasteiger partial charge on any atom is -0.477 e. The Morgan fingerprint density at radius 2 is 1.74 bits per heavy atom. The van der Waals surface area contributed by atoms with E-state index in [4.69, 9.17) is 16.1 Å². The molecule has 31 heavy (non-hydrogen) atoms. The van der Waals surface area contributed by atoms with E-state index in [-0.39, 0.29) is 27.7 Å². The molecule has 0 unspecified atom stereocenters. The fourth-order valence-corrected chi connectivity index (χ4v) is 3.59. The van der Waals surface area contributed by atoms with Crippen LogP contribution in [0.25, 0.3) is 16.9 Å². The number of para-hydroxylation sites is 1. The van der Waals surface area contributed by atoms with Gasteiger partial charge in [-0.2, -0.15) is 5.10 Å². The Balaban J connectivity index is 1.77. The van der Waals surface area contributed by atoms with E-state index in [0.29, 0.717) is 17.0 Å². The number of aromatic nitrogens is 3. The van der Waals surface area contributed by atoms with Crippen LogP contribution in [0.1, 0.15) is 32.1 Å². The second kappa shape index (κ2) is 8.08. The lowest BCUT2D eigenvalue weighted by Crippen LogP contribution is -2.14. The lowest BCUT2D eigenvalue weighted by Gasteiger charge is -2.05. The Kier molecular flexibility index (Phi) is 5.31. The molecule has 8 nitrogen and oxygen atoms in total. The number of hydrogen-bond acceptors (Lipinski definition) is 5. The van der Waals surface area contributed by atoms with Gasteiger partial charge in [0.2, 0.25) is 5.88 Å². The van der Waals surface area contributed by atoms with Crippen molar-refractivity contribution in [1.82, 2.24) is 14.9 Å². The molecule has 0 bridgehead atoms. The smallest absolute Gasteiger partial charge is 0.343 e. The van der Waals surface area contributed by atoms with Crippen LogP contribution in [0.5, 0.6) is 0 Å². The van der Waals surface area contributed by atoms with Gasteiger partial charge in [0.1, 0.15) is 5.69 Å². The summed E-state index contributed by atoms with van der Waals surface area (Å²) in [6.07, 6.45) is 0. The van der Waals surface area contributed by atoms with Gasteiger partial charge in [-0.3, -0.25) is 10.1 Å². The highest BCUT2D eigenvalue weighted by molar-refractivity contribution is 6.34. The van der Waals surface area contributed by atoms with Gasteiger partial charge in [0.15, 0.2) is 5.56 Å². The second-order valence-corrected chi connectivity index (χ2v) is 7.17. The van der Waals surface area contributed by atoms with Gasteiger partial charge in [-0.25, -0.2) is 9.48 Å². The number of hydrogen-bond donors (Lipinski definition) is 2. The van der Waals surface area contributed by atoms with Crippen molar-refractivity contribution in [1.29, 1.82) is 0 Å². The van der Waals surface area contributed by atoms with Crippen molar-refractivity contribution in [3.63, 3.8) is 0 Å². The van der Waals surface area contributed by atoms with Crippen LogP contribution in [0.3, 0.4) is 0 Å². The van der Waals surface area contributed by atoms with Gasteiger partial charge in [0, 0.05) is 5.56 Å². The van der Waals surface area contributed by atoms with Crippen LogP contribution >= 0.6 is 11.6 Å². The first-order valence-electron chi connectivity index (χ1n) is 9.29. The van der Waals surface area contributed by atoms with Gasteiger partial charge in [0.05, 0.1) is 27.7 Å². The van der Waals surface area contributed by atoms with Crippen LogP contribution in [0.15, 0.2) is 59.1 Å². The first-order chi connectivity index (χ1) is 14.9. The Morgan fingerprint density at radius 1 is 1.06 bits per heavy atom. The highest BCUT2D eigenvalue weighted by Gasteiger charge is 2.29. The molecule has 0 spiro atoms. The molecule has 156 valence electrons. The Hall–Kier alpha value is -3.91. The number of halogens is 1. The van der Waals surface area contributed by atoms with Gasteiger partial charge in [-0.05, 0) is 38.1 Å². The number of carboxylic acid groups (broad SMARTS) is 1. The van der Waals surface area contributed by atoms with E-state index < -0.39 is 11.9 Å². The molecule has 0 aliphatic rings. The molecule has 0 atom stereocenters. The summed E-state index contributed by atoms with van der Waals surface area (Å²) in [7, 11) is 0. The molecule has 0 aliphatic heterocycles. The zero-order chi connectivity index (χ0) is 22.1. The standard InChI is InChI=1S/C22H17ClN4O4/c1-12-17(13(2)27(25-12)14-8-4-3-5-9-14)19-18(22(29)30)21(31-26-19)24-20(28)15-10-6-7-11-16(15)23/h3-11H,1-2H3,(H,24,28)(H,29,30). The second-order valence-electron chi connectivity index (χ2n) is 6.77. The molecule has 0 saturated carbocycles. The van der Waals surface area contributed by atoms with Gasteiger partial charge in [-0.15, -0.1) is 0 Å². The van der Waals surface area contributed by atoms with Gasteiger partial charge >= 0.3 is 5.97 Å². The molecule has 1 amide bonds. The van der Waals surface area contributed by atoms with E-state index in [1.54, 1.807) is 29.8 Å². The van der Waals surface area contributed by atoms with Gasteiger partial charge < -0.3 is 9.63 Å². The summed E-state index contributed by atoms with van der Waals surface area (Å²) in [5.74, 6) is -2.18. The number of benzene rings is 2. The van der Waals surface area contributed by atoms with Crippen molar-refractivity contribution >= 4 is 29.4 Å². The number of nitrogens with one attached hydrogen (secondary N) is 1. The number of aryl methyl sites for hydroxylation is 1. The summed E-state index contributed by atoms with van der Waals surface area (Å²) >= 11 is 6.06. The number of carbonyl (C=O) groups excluding carboxylic acids is 1. The van der Waals surface area contributed by atoms with Crippen molar-refractivity contribution in [3.8, 4) is 16.9 Å². The fraction of sp³-hybridized carbons (Fsp3) is 0.0909. The number of rotatable bonds is 5. The largest absolute Gasteiger partial charge is 0.477 e. The Morgan fingerprint density at radius 3 is 2.42 bits per heavy atom. The van der Waals surface area contributed by atoms with Crippen LogP contribution in [-0.4, -0.2) is 31.9 Å². The van der Waals surface area contributed by atoms with Crippen molar-refractivity contribution in [2.24, 2.45) is 0 Å². The number of nitrogens with zero attached hydrogens (tertiary/aromatic N) is 3. The highest BCUT2D eigenvalue weighted by Crippen LogP contribution is 2.34. The summed E-state index contributed by atoms with van der Waals surface area (Å²) in [5, 5.41) is 21.0. The van der Waals surface area contributed by atoms with E-state index in [0.717, 1.165) is 5.69 Å². The average molecular weight is 437 g/mol. The SMILES string of the molecule is Cc1nn(-c2ccccc2)c(C)c1-c1noc(NC(=O)c2ccccc2Cl)c1C(=O)O. The van der Waals surface area contributed by atoms with Crippen LogP contribution in [0.2, 0.25) is 5.02 Å². The number of carboxylic acids is 1. The van der Waals surface area contributed by atoms with Crippen LogP contribution in [-0.2, 0) is 0 Å². The van der Waals surface area contributed by atoms with Gasteiger partial charge in [0.25, 0.3) is 5.91 Å². The number of aromatic carboxylic acids is 1. The molecular formula is C22H17ClN4O4. The van der Waals surface area contributed by atoms with E-state index in [1.807, 2.05) is 37.3 Å². The number of carbonyl (C=O) groups is 2. The zero-order valence-electron chi connectivity index (χ0n) is 16.6. The molecule has 4 rings (SSSR count). The van der Waals surface area contributed by atoms with Crippen LogP contribution in [0, 0.1) is 13.8 Å². The summed E-state index contributed by atoms with van der Waals surface area (Å²) < 4.78 is 6.93. The maximum atomic E-state index is 12.6. The quantitative estimate of drug-likeness (QED) is 0.467. The maximum Gasteiger partial charge on any atom is 0.343 e. The van der Waals surface area contributed by atoms with Crippen molar-refractivity contribution in [2.45, 2.75) is 13.8 Å². The highest BCUT2D eigenvalue weighted by atomic mass is 35.5. The zero-order valence-corrected chi connectivity index (χ0v) is 17.3. The van der Waals surface area contributed by atoms with E-state index in [9.17, 15) is 14.7 Å². The predicted molar refractivity (Wildman–Crippen MR) is 115 cm³/mol. The van der Waals surface area contributed by atoms with Crippen LogP contribution in [0.4, 0.5) is 5.88 Å². The molecule has 0 fully saturated rings. The average Bonchev–Trinajstić information content (AvgIpc) is 3.28. The molecule has 2 heterocycles. The summed E-state index contributed by atoms with van der Waals surface area (Å²) in [6, 6.07) is 15.8. The summed E-state index contributed by atoms with van der Waals surface area (Å²) in [6.45, 7) is 3.56. The molecule has 0 saturated heterocycles. The lowest BCUT2D eigenvalue weighted by molar-refractivity contribution is 0.0698. The first-order valence-corrected chi connectivity index (χ1v) is 9.67. The molecule has 9 heteroatoms. The fourth-order valence-electron chi connectivity index (χ4n) is 3.37. The molecule has 4 aromatic rings. The maximum absolute atomic E-state index is 12.6. The Bertz CT molecular complexity index is 1290. The summed E-state index contributed by atoms with van der Waals surface area (Å²) in [4.78, 5) is 24.6. The minimum atomic E-state index is -1.29. The van der Waals surface area contributed by atoms with E-state index >= 15 is 0 Å². The van der Waals surface area contributed by atoms with E-state index in [1.165, 1.54) is 6.07 Å². The molecule has 0 radical (unpaired) electrons. The molecule has 2 aromatic heterocycles. The third kappa shape index (κ3) is 3.69. The van der Waals surface area contributed by atoms with Crippen molar-refractivity contribution < 1.29 is 19.2 Å². The lowest BCUT2D eigenvalue weighted by atomic mass is 10.1. The van der Waals surface area contributed by atoms with Crippen molar-refractivity contribution in [2.75, 3.05) is 5.32 Å². The molecule has 0 aliphatic carbocycles. The minimum absolute atomic E-state index is 0.0825. The molecule has 2 N–H and O–H groups in total. The topological polar surface area (TPSA) is 110 Å². The monoisotopic (exact) mass is 436 g/mol. The Labute approximate surface area is 182 Å². The molecule has 2 aromatic carbocycles. The normalized spacial score (nSPS) is 10.8. The van der Waals surface area contributed by atoms with Gasteiger partial charge in [-0.1, -0.05) is 47.1 Å². The third-order valence-corrected chi connectivity index (χ3v) is 5.11. The number of anilines is 1. The molecular weight excluding hydrogens is 420 g/mol. The van der Waals surface area contributed by atoms with Crippen molar-refractivity contribution in [3.05, 3.63) is 82.1 Å². The van der Waals surface area contributed by atoms with E-state index in [2.05, 4.69) is 15.6 Å². The number of amides is 1. The summed E-state index contributed by atoms with van der Waals surface area (Å²) in [5.41, 5.74) is 2.59. The van der Waals surface area contributed by atoms with Crippen LogP contribution < -0.4 is 5.32 Å². The third-order valence-electron chi connectivity index (χ3n) is 4.78. The first kappa shape index (κ1) is 20.4.